The van der Waals surface area contributed by atoms with Gasteiger partial charge in [0.05, 0.1) is 38.1 Å². The summed E-state index contributed by atoms with van der Waals surface area (Å²) in [6.45, 7) is 2.35. The number of halogens is 3. The van der Waals surface area contributed by atoms with Gasteiger partial charge in [-0.3, -0.25) is 9.69 Å². The number of carbonyl (C=O) groups excluding carboxylic acids is 2. The maximum Gasteiger partial charge on any atom is 0.416 e. The van der Waals surface area contributed by atoms with Crippen molar-refractivity contribution in [2.24, 2.45) is 0 Å². The van der Waals surface area contributed by atoms with Gasteiger partial charge >= 0.3 is 18.1 Å². The number of alkyl halides is 3. The summed E-state index contributed by atoms with van der Waals surface area (Å²) in [5, 5.41) is 0. The van der Waals surface area contributed by atoms with Gasteiger partial charge in [0.2, 0.25) is 0 Å². The van der Waals surface area contributed by atoms with Gasteiger partial charge in [0.15, 0.2) is 0 Å². The van der Waals surface area contributed by atoms with Gasteiger partial charge in [-0.25, -0.2) is 4.79 Å². The lowest BCUT2D eigenvalue weighted by Crippen LogP contribution is -2.30. The Morgan fingerprint density at radius 1 is 0.708 bits per heavy atom. The Labute approximate surface area is 280 Å². The van der Waals surface area contributed by atoms with Crippen molar-refractivity contribution in [3.8, 4) is 0 Å². The molecule has 1 atom stereocenters. The molecule has 0 saturated carbocycles. The number of aryl methyl sites for hydroxylation is 2. The molecule has 0 saturated heterocycles. The van der Waals surface area contributed by atoms with E-state index < -0.39 is 11.7 Å². The van der Waals surface area contributed by atoms with Crippen LogP contribution in [-0.4, -0.2) is 44.1 Å². The first kappa shape index (κ1) is 36.4. The van der Waals surface area contributed by atoms with E-state index in [9.17, 15) is 22.8 Å². The Bertz CT molecular complexity index is 1560. The van der Waals surface area contributed by atoms with E-state index in [4.69, 9.17) is 14.2 Å². The quantitative estimate of drug-likeness (QED) is 0.0837. The molecule has 0 aliphatic heterocycles. The maximum atomic E-state index is 12.9. The fraction of sp³-hybridized carbons (Fsp3) is 0.333. The number of carbonyl (C=O) groups is 2. The van der Waals surface area contributed by atoms with Crippen molar-refractivity contribution in [1.29, 1.82) is 0 Å². The largest absolute Gasteiger partial charge is 0.469 e. The fourth-order valence-electron chi connectivity index (χ4n) is 5.37. The molecular formula is C39H42F3NO5. The average Bonchev–Trinajstić information content (AvgIpc) is 3.11. The molecule has 6 nitrogen and oxygen atoms in total. The zero-order valence-corrected chi connectivity index (χ0v) is 27.4. The van der Waals surface area contributed by atoms with Crippen LogP contribution in [0.5, 0.6) is 0 Å². The Morgan fingerprint density at radius 2 is 1.29 bits per heavy atom. The first-order valence-corrected chi connectivity index (χ1v) is 16.0. The van der Waals surface area contributed by atoms with Crippen LogP contribution in [0.15, 0.2) is 103 Å². The number of methoxy groups -OCH3 is 2. The second-order valence-corrected chi connectivity index (χ2v) is 11.7. The third-order valence-corrected chi connectivity index (χ3v) is 8.17. The average molecular weight is 662 g/mol. The molecule has 0 radical (unpaired) electrons. The first-order chi connectivity index (χ1) is 23.1. The lowest BCUT2D eigenvalue weighted by Gasteiger charge is -2.28. The van der Waals surface area contributed by atoms with Crippen molar-refractivity contribution in [1.82, 2.24) is 4.90 Å². The minimum Gasteiger partial charge on any atom is -0.469 e. The number of ether oxygens (including phenoxy) is 3. The van der Waals surface area contributed by atoms with Crippen molar-refractivity contribution in [2.45, 2.75) is 57.5 Å². The van der Waals surface area contributed by atoms with E-state index in [1.54, 1.807) is 12.1 Å². The minimum atomic E-state index is -4.33. The van der Waals surface area contributed by atoms with Crippen LogP contribution in [0, 0.1) is 0 Å². The Hall–Kier alpha value is -4.47. The predicted octanol–water partition coefficient (Wildman–Crippen LogP) is 8.38. The second kappa shape index (κ2) is 18.2. The molecule has 0 aliphatic rings. The van der Waals surface area contributed by atoms with E-state index in [2.05, 4.69) is 17.0 Å². The van der Waals surface area contributed by atoms with E-state index in [1.165, 1.54) is 26.4 Å². The van der Waals surface area contributed by atoms with Crippen LogP contribution in [0.3, 0.4) is 0 Å². The highest BCUT2D eigenvalue weighted by molar-refractivity contribution is 5.89. The third kappa shape index (κ3) is 11.6. The summed E-state index contributed by atoms with van der Waals surface area (Å²) >= 11 is 0. The normalized spacial score (nSPS) is 12.1. The maximum absolute atomic E-state index is 12.9. The Morgan fingerprint density at radius 3 is 1.88 bits per heavy atom. The Balaban J connectivity index is 1.40. The molecule has 0 aromatic heterocycles. The van der Waals surface area contributed by atoms with E-state index in [-0.39, 0.29) is 18.0 Å². The monoisotopic (exact) mass is 661 g/mol. The van der Waals surface area contributed by atoms with Crippen LogP contribution in [0.25, 0.3) is 0 Å². The van der Waals surface area contributed by atoms with Crippen molar-refractivity contribution in [2.75, 3.05) is 27.3 Å². The van der Waals surface area contributed by atoms with Gasteiger partial charge in [-0.2, -0.15) is 13.2 Å². The van der Waals surface area contributed by atoms with Crippen LogP contribution in [0.1, 0.15) is 69.1 Å². The second-order valence-electron chi connectivity index (χ2n) is 11.7. The van der Waals surface area contributed by atoms with Gasteiger partial charge in [0.25, 0.3) is 0 Å². The molecule has 0 N–H and O–H groups in total. The van der Waals surface area contributed by atoms with Crippen LogP contribution in [0.2, 0.25) is 0 Å². The van der Waals surface area contributed by atoms with Crippen LogP contribution < -0.4 is 0 Å². The summed E-state index contributed by atoms with van der Waals surface area (Å²) in [4.78, 5) is 25.9. The van der Waals surface area contributed by atoms with Crippen molar-refractivity contribution >= 4 is 11.9 Å². The summed E-state index contributed by atoms with van der Waals surface area (Å²) in [6, 6.07) is 30.9. The molecule has 0 amide bonds. The smallest absolute Gasteiger partial charge is 0.416 e. The molecule has 0 spiro atoms. The van der Waals surface area contributed by atoms with E-state index >= 15 is 0 Å². The Kier molecular flexibility index (Phi) is 13.8. The number of rotatable bonds is 17. The molecule has 254 valence electrons. The highest BCUT2D eigenvalue weighted by Gasteiger charge is 2.29. The summed E-state index contributed by atoms with van der Waals surface area (Å²) in [6.07, 6.45) is -1.36. The molecule has 48 heavy (non-hydrogen) atoms. The molecule has 4 aromatic rings. The zero-order chi connectivity index (χ0) is 34.4. The summed E-state index contributed by atoms with van der Waals surface area (Å²) in [5.74, 6) is -0.609. The molecule has 9 heteroatoms. The van der Waals surface area contributed by atoms with Gasteiger partial charge in [-0.1, -0.05) is 78.9 Å². The van der Waals surface area contributed by atoms with Crippen LogP contribution in [-0.2, 0) is 51.2 Å². The molecule has 0 fully saturated rings. The lowest BCUT2D eigenvalue weighted by atomic mass is 10.0. The summed E-state index contributed by atoms with van der Waals surface area (Å²) in [7, 11) is 2.75. The highest BCUT2D eigenvalue weighted by Crippen LogP contribution is 2.29. The van der Waals surface area contributed by atoms with Crippen molar-refractivity contribution < 1.29 is 37.0 Å². The van der Waals surface area contributed by atoms with Gasteiger partial charge in [0, 0.05) is 19.5 Å². The SMILES string of the molecule is COC(=O)CCCCN(Cc1ccc(C(=O)OC)cc1)C[C@H](OCc1ccc(CCc2ccc(C(F)(F)F)cc2)cc1)c1ccccc1. The number of unbranched alkanes of at least 4 members (excludes halogenated alkanes) is 1. The van der Waals surface area contributed by atoms with Crippen LogP contribution in [0.4, 0.5) is 13.2 Å². The predicted molar refractivity (Wildman–Crippen MR) is 178 cm³/mol. The zero-order valence-electron chi connectivity index (χ0n) is 27.4. The lowest BCUT2D eigenvalue weighted by molar-refractivity contribution is -0.141. The van der Waals surface area contributed by atoms with Gasteiger partial charge in [0.1, 0.15) is 0 Å². The molecule has 4 aromatic carbocycles. The van der Waals surface area contributed by atoms with Crippen molar-refractivity contribution in [3.63, 3.8) is 0 Å². The van der Waals surface area contributed by atoms with E-state index in [0.29, 0.717) is 50.9 Å². The molecule has 4 rings (SSSR count). The topological polar surface area (TPSA) is 65.1 Å². The number of nitrogens with zero attached hydrogens (tertiary/aromatic N) is 1. The third-order valence-electron chi connectivity index (χ3n) is 8.17. The standard InChI is InChI=1S/C39H42F3NO5/c1-46-37(44)10-6-7-25-43(26-31-17-21-34(22-18-31)38(45)47-2)27-36(33-8-4-3-5-9-33)48-28-32-15-13-29(14-16-32)11-12-30-19-23-35(24-20-30)39(40,41)42/h3-5,8-9,13-24,36H,6-7,10-12,25-28H2,1-2H3/t36-/m0/s1. The molecule has 0 heterocycles. The van der Waals surface area contributed by atoms with E-state index in [1.807, 2.05) is 54.6 Å². The van der Waals surface area contributed by atoms with Crippen LogP contribution >= 0.6 is 0 Å². The first-order valence-electron chi connectivity index (χ1n) is 16.0. The van der Waals surface area contributed by atoms with Gasteiger partial charge < -0.3 is 14.2 Å². The number of benzene rings is 4. The van der Waals surface area contributed by atoms with Gasteiger partial charge in [-0.05, 0) is 84.3 Å². The van der Waals surface area contributed by atoms with E-state index in [0.717, 1.165) is 52.9 Å². The number of hydrogen-bond acceptors (Lipinski definition) is 6. The molecule has 0 bridgehead atoms. The number of esters is 2. The summed E-state index contributed by atoms with van der Waals surface area (Å²) < 4.78 is 54.8. The number of hydrogen-bond donors (Lipinski definition) is 0. The molecule has 0 aliphatic carbocycles. The molecule has 0 unspecified atom stereocenters. The summed E-state index contributed by atoms with van der Waals surface area (Å²) in [5.41, 5.74) is 4.89. The molecular weight excluding hydrogens is 619 g/mol. The van der Waals surface area contributed by atoms with Gasteiger partial charge in [-0.15, -0.1) is 0 Å². The highest BCUT2D eigenvalue weighted by atomic mass is 19.4. The fourth-order valence-corrected chi connectivity index (χ4v) is 5.37. The van der Waals surface area contributed by atoms with Crippen molar-refractivity contribution in [3.05, 3.63) is 142 Å². The minimum absolute atomic E-state index is 0.226.